The molecule has 0 saturated carbocycles. The second-order valence-electron chi connectivity index (χ2n) is 3.78. The van der Waals surface area contributed by atoms with Crippen molar-refractivity contribution >= 4 is 11.7 Å². The summed E-state index contributed by atoms with van der Waals surface area (Å²) in [6, 6.07) is 5.35. The topological polar surface area (TPSA) is 78.3 Å². The molecule has 0 aliphatic rings. The fraction of sp³-hybridized carbons (Fsp3) is 0.417. The van der Waals surface area contributed by atoms with Gasteiger partial charge in [-0.05, 0) is 31.9 Å². The first-order valence-corrected chi connectivity index (χ1v) is 5.36. The number of carbonyl (C=O) groups is 1. The van der Waals surface area contributed by atoms with Gasteiger partial charge in [-0.3, -0.25) is 0 Å². The van der Waals surface area contributed by atoms with Crippen LogP contribution >= 0.6 is 0 Å². The number of anilines is 1. The Kier molecular flexibility index (Phi) is 4.31. The van der Waals surface area contributed by atoms with E-state index in [2.05, 4.69) is 0 Å². The molecule has 1 aromatic rings. The predicted octanol–water partition coefficient (Wildman–Crippen LogP) is 1.34. The summed E-state index contributed by atoms with van der Waals surface area (Å²) in [4.78, 5) is 11.6. The lowest BCUT2D eigenvalue weighted by molar-refractivity contribution is 0.0527. The molecular formula is C12H18N2O2. The van der Waals surface area contributed by atoms with Crippen LogP contribution in [-0.2, 0) is 11.2 Å². The van der Waals surface area contributed by atoms with Crippen molar-refractivity contribution in [2.75, 3.05) is 12.3 Å². The first-order chi connectivity index (χ1) is 7.56. The Morgan fingerprint density at radius 2 is 2.19 bits per heavy atom. The van der Waals surface area contributed by atoms with Crippen LogP contribution in [0.5, 0.6) is 0 Å². The molecule has 1 atom stereocenters. The molecule has 0 saturated heterocycles. The van der Waals surface area contributed by atoms with Crippen LogP contribution in [0, 0.1) is 0 Å². The fourth-order valence-corrected chi connectivity index (χ4v) is 1.52. The van der Waals surface area contributed by atoms with Crippen LogP contribution in [0.15, 0.2) is 18.2 Å². The van der Waals surface area contributed by atoms with Gasteiger partial charge >= 0.3 is 5.97 Å². The van der Waals surface area contributed by atoms with E-state index in [9.17, 15) is 4.79 Å². The number of rotatable bonds is 4. The minimum atomic E-state index is -0.383. The molecule has 1 unspecified atom stereocenters. The summed E-state index contributed by atoms with van der Waals surface area (Å²) in [5, 5.41) is 0. The Morgan fingerprint density at radius 1 is 1.50 bits per heavy atom. The molecule has 88 valence electrons. The van der Waals surface area contributed by atoms with Crippen molar-refractivity contribution in [3.63, 3.8) is 0 Å². The van der Waals surface area contributed by atoms with Gasteiger partial charge in [0, 0.05) is 11.7 Å². The first-order valence-electron chi connectivity index (χ1n) is 5.36. The van der Waals surface area contributed by atoms with E-state index in [-0.39, 0.29) is 12.0 Å². The van der Waals surface area contributed by atoms with Crippen LogP contribution in [0.2, 0.25) is 0 Å². The minimum absolute atomic E-state index is 0.0137. The monoisotopic (exact) mass is 222 g/mol. The van der Waals surface area contributed by atoms with Gasteiger partial charge in [0.25, 0.3) is 0 Å². The van der Waals surface area contributed by atoms with Gasteiger partial charge in [-0.25, -0.2) is 4.79 Å². The Balaban J connectivity index is 2.99. The van der Waals surface area contributed by atoms with E-state index in [1.807, 2.05) is 13.0 Å². The second-order valence-corrected chi connectivity index (χ2v) is 3.78. The molecule has 0 aliphatic carbocycles. The van der Waals surface area contributed by atoms with Crippen LogP contribution in [-0.4, -0.2) is 18.6 Å². The van der Waals surface area contributed by atoms with Crippen molar-refractivity contribution in [2.24, 2.45) is 5.73 Å². The fourth-order valence-electron chi connectivity index (χ4n) is 1.52. The molecular weight excluding hydrogens is 204 g/mol. The molecule has 1 aromatic carbocycles. The van der Waals surface area contributed by atoms with Crippen LogP contribution < -0.4 is 11.5 Å². The molecule has 4 heteroatoms. The predicted molar refractivity (Wildman–Crippen MR) is 64.2 cm³/mol. The number of esters is 1. The molecule has 1 rings (SSSR count). The van der Waals surface area contributed by atoms with E-state index in [0.29, 0.717) is 24.3 Å². The summed E-state index contributed by atoms with van der Waals surface area (Å²) in [6.45, 7) is 4.01. The van der Waals surface area contributed by atoms with E-state index < -0.39 is 0 Å². The lowest BCUT2D eigenvalue weighted by atomic mass is 10.0. The number of nitrogen functional groups attached to an aromatic ring is 1. The van der Waals surface area contributed by atoms with Gasteiger partial charge in [0.1, 0.15) is 0 Å². The molecule has 0 fully saturated rings. The number of hydrogen-bond donors (Lipinski definition) is 2. The highest BCUT2D eigenvalue weighted by Gasteiger charge is 2.13. The molecule has 0 heterocycles. The zero-order valence-corrected chi connectivity index (χ0v) is 9.69. The quantitative estimate of drug-likeness (QED) is 0.595. The number of ether oxygens (including phenoxy) is 1. The van der Waals surface area contributed by atoms with Gasteiger partial charge in [0.2, 0.25) is 0 Å². The third-order valence-electron chi connectivity index (χ3n) is 2.23. The molecule has 0 amide bonds. The lowest BCUT2D eigenvalue weighted by Gasteiger charge is -2.11. The van der Waals surface area contributed by atoms with Crippen LogP contribution in [0.4, 0.5) is 5.69 Å². The van der Waals surface area contributed by atoms with Gasteiger partial charge in [-0.15, -0.1) is 0 Å². The van der Waals surface area contributed by atoms with Gasteiger partial charge in [-0.1, -0.05) is 12.1 Å². The lowest BCUT2D eigenvalue weighted by Crippen LogP contribution is -2.19. The molecule has 4 N–H and O–H groups in total. The van der Waals surface area contributed by atoms with E-state index in [1.165, 1.54) is 0 Å². The number of para-hydroxylation sites is 1. The SMILES string of the molecule is CCOC(=O)c1cccc(CC(C)N)c1N. The van der Waals surface area contributed by atoms with Crippen molar-refractivity contribution in [1.29, 1.82) is 0 Å². The average molecular weight is 222 g/mol. The molecule has 16 heavy (non-hydrogen) atoms. The number of hydrogen-bond acceptors (Lipinski definition) is 4. The zero-order chi connectivity index (χ0) is 12.1. The summed E-state index contributed by atoms with van der Waals surface area (Å²) in [5.41, 5.74) is 13.4. The van der Waals surface area contributed by atoms with Crippen molar-refractivity contribution in [3.05, 3.63) is 29.3 Å². The van der Waals surface area contributed by atoms with Crippen molar-refractivity contribution < 1.29 is 9.53 Å². The van der Waals surface area contributed by atoms with E-state index >= 15 is 0 Å². The van der Waals surface area contributed by atoms with Gasteiger partial charge in [0.05, 0.1) is 12.2 Å². The Hall–Kier alpha value is -1.55. The molecule has 0 bridgehead atoms. The van der Waals surface area contributed by atoms with Crippen molar-refractivity contribution in [2.45, 2.75) is 26.3 Å². The van der Waals surface area contributed by atoms with Crippen LogP contribution in [0.3, 0.4) is 0 Å². The third-order valence-corrected chi connectivity index (χ3v) is 2.23. The Labute approximate surface area is 95.6 Å². The molecule has 0 aliphatic heterocycles. The first kappa shape index (κ1) is 12.5. The number of carbonyl (C=O) groups excluding carboxylic acids is 1. The van der Waals surface area contributed by atoms with Crippen LogP contribution in [0.25, 0.3) is 0 Å². The summed E-state index contributed by atoms with van der Waals surface area (Å²) >= 11 is 0. The summed E-state index contributed by atoms with van der Waals surface area (Å²) in [6.07, 6.45) is 0.652. The summed E-state index contributed by atoms with van der Waals surface area (Å²) in [7, 11) is 0. The molecule has 0 radical (unpaired) electrons. The van der Waals surface area contributed by atoms with Crippen LogP contribution in [0.1, 0.15) is 29.8 Å². The largest absolute Gasteiger partial charge is 0.462 e. The second kappa shape index (κ2) is 5.51. The average Bonchev–Trinajstić information content (AvgIpc) is 2.21. The van der Waals surface area contributed by atoms with Crippen molar-refractivity contribution in [1.82, 2.24) is 0 Å². The minimum Gasteiger partial charge on any atom is -0.462 e. The Morgan fingerprint density at radius 3 is 2.75 bits per heavy atom. The maximum absolute atomic E-state index is 11.6. The van der Waals surface area contributed by atoms with E-state index in [0.717, 1.165) is 5.56 Å². The molecule has 0 spiro atoms. The normalized spacial score (nSPS) is 12.2. The molecule has 4 nitrogen and oxygen atoms in total. The van der Waals surface area contributed by atoms with Gasteiger partial charge < -0.3 is 16.2 Å². The van der Waals surface area contributed by atoms with E-state index in [4.69, 9.17) is 16.2 Å². The highest BCUT2D eigenvalue weighted by Crippen LogP contribution is 2.19. The van der Waals surface area contributed by atoms with Gasteiger partial charge in [-0.2, -0.15) is 0 Å². The maximum Gasteiger partial charge on any atom is 0.340 e. The number of nitrogens with two attached hydrogens (primary N) is 2. The highest BCUT2D eigenvalue weighted by atomic mass is 16.5. The van der Waals surface area contributed by atoms with Gasteiger partial charge in [0.15, 0.2) is 0 Å². The standard InChI is InChI=1S/C12H18N2O2/c1-3-16-12(15)10-6-4-5-9(11(10)14)7-8(2)13/h4-6,8H,3,7,13-14H2,1-2H3. The zero-order valence-electron chi connectivity index (χ0n) is 9.69. The van der Waals surface area contributed by atoms with E-state index in [1.54, 1.807) is 19.1 Å². The third kappa shape index (κ3) is 2.97. The summed E-state index contributed by atoms with van der Waals surface area (Å²) < 4.78 is 4.92. The molecule has 0 aromatic heterocycles. The Bertz CT molecular complexity index is 375. The summed E-state index contributed by atoms with van der Waals surface area (Å²) in [5.74, 6) is -0.383. The smallest absolute Gasteiger partial charge is 0.340 e. The number of benzene rings is 1. The maximum atomic E-state index is 11.6. The van der Waals surface area contributed by atoms with Crippen molar-refractivity contribution in [3.8, 4) is 0 Å². The highest BCUT2D eigenvalue weighted by molar-refractivity contribution is 5.95.